The number of rotatable bonds is 4. The molecule has 0 spiro atoms. The molecule has 0 aliphatic carbocycles. The monoisotopic (exact) mass is 337 g/mol. The van der Waals surface area contributed by atoms with Crippen molar-refractivity contribution in [2.75, 3.05) is 11.9 Å². The molecule has 2 rings (SSSR count). The maximum atomic E-state index is 11.4. The highest BCUT2D eigenvalue weighted by atomic mass is 79.9. The molecule has 1 N–H and O–H groups in total. The Morgan fingerprint density at radius 2 is 2.20 bits per heavy atom. The number of halogens is 1. The van der Waals surface area contributed by atoms with Gasteiger partial charge in [-0.05, 0) is 24.6 Å². The first-order chi connectivity index (χ1) is 9.40. The maximum absolute atomic E-state index is 11.4. The van der Waals surface area contributed by atoms with Crippen molar-refractivity contribution in [2.45, 2.75) is 13.5 Å². The van der Waals surface area contributed by atoms with Crippen LogP contribution in [0.3, 0.4) is 0 Å². The number of aryl methyl sites for hydroxylation is 2. The number of anilines is 1. The second-order valence-electron chi connectivity index (χ2n) is 4.70. The number of carboxylic acid groups (broad SMARTS) is 1. The SMILES string of the molecule is Cc1nn(C)c(N(C)Cc2cccc(Br)c2)c1C(=O)O. The zero-order valence-electron chi connectivity index (χ0n) is 11.6. The first kappa shape index (κ1) is 14.6. The third-order valence-electron chi connectivity index (χ3n) is 3.08. The quantitative estimate of drug-likeness (QED) is 0.931. The number of benzene rings is 1. The van der Waals surface area contributed by atoms with Crippen LogP contribution in [-0.4, -0.2) is 27.9 Å². The smallest absolute Gasteiger partial charge is 0.341 e. The Morgan fingerprint density at radius 3 is 2.80 bits per heavy atom. The van der Waals surface area contributed by atoms with Crippen molar-refractivity contribution < 1.29 is 9.90 Å². The molecule has 6 heteroatoms. The van der Waals surface area contributed by atoms with E-state index in [0.29, 0.717) is 18.1 Å². The van der Waals surface area contributed by atoms with Gasteiger partial charge in [0.2, 0.25) is 0 Å². The van der Waals surface area contributed by atoms with Crippen LogP contribution < -0.4 is 4.90 Å². The van der Waals surface area contributed by atoms with Gasteiger partial charge in [-0.3, -0.25) is 4.68 Å². The van der Waals surface area contributed by atoms with Gasteiger partial charge in [-0.1, -0.05) is 28.1 Å². The van der Waals surface area contributed by atoms with Crippen LogP contribution in [0.1, 0.15) is 21.6 Å². The topological polar surface area (TPSA) is 58.4 Å². The van der Waals surface area contributed by atoms with Crippen molar-refractivity contribution in [2.24, 2.45) is 7.05 Å². The number of nitrogens with zero attached hydrogens (tertiary/aromatic N) is 3. The van der Waals surface area contributed by atoms with Crippen molar-refractivity contribution in [3.8, 4) is 0 Å². The largest absolute Gasteiger partial charge is 0.477 e. The molecule has 0 aliphatic rings. The van der Waals surface area contributed by atoms with E-state index in [0.717, 1.165) is 10.0 Å². The molecule has 0 fully saturated rings. The molecular formula is C14H16BrN3O2. The Labute approximate surface area is 126 Å². The summed E-state index contributed by atoms with van der Waals surface area (Å²) >= 11 is 3.43. The van der Waals surface area contributed by atoms with Gasteiger partial charge in [-0.15, -0.1) is 0 Å². The van der Waals surface area contributed by atoms with E-state index >= 15 is 0 Å². The van der Waals surface area contributed by atoms with E-state index in [1.165, 1.54) is 0 Å². The first-order valence-electron chi connectivity index (χ1n) is 6.12. The highest BCUT2D eigenvalue weighted by Crippen LogP contribution is 2.24. The highest BCUT2D eigenvalue weighted by Gasteiger charge is 2.22. The van der Waals surface area contributed by atoms with Gasteiger partial charge in [0.25, 0.3) is 0 Å². The zero-order chi connectivity index (χ0) is 14.9. The molecule has 5 nitrogen and oxygen atoms in total. The third kappa shape index (κ3) is 2.85. The average Bonchev–Trinajstić information content (AvgIpc) is 2.64. The van der Waals surface area contributed by atoms with Crippen LogP contribution in [0.2, 0.25) is 0 Å². The maximum Gasteiger partial charge on any atom is 0.341 e. The van der Waals surface area contributed by atoms with Crippen molar-refractivity contribution in [1.29, 1.82) is 0 Å². The van der Waals surface area contributed by atoms with Crippen LogP contribution in [0, 0.1) is 6.92 Å². The molecule has 0 atom stereocenters. The van der Waals surface area contributed by atoms with E-state index < -0.39 is 5.97 Å². The van der Waals surface area contributed by atoms with E-state index in [-0.39, 0.29) is 5.56 Å². The van der Waals surface area contributed by atoms with Crippen molar-refractivity contribution in [1.82, 2.24) is 9.78 Å². The lowest BCUT2D eigenvalue weighted by Crippen LogP contribution is -2.21. The fourth-order valence-electron chi connectivity index (χ4n) is 2.32. The van der Waals surface area contributed by atoms with Crippen LogP contribution in [0.4, 0.5) is 5.82 Å². The summed E-state index contributed by atoms with van der Waals surface area (Å²) in [5.41, 5.74) is 1.87. The molecule has 0 bridgehead atoms. The number of hydrogen-bond acceptors (Lipinski definition) is 3. The van der Waals surface area contributed by atoms with E-state index in [1.54, 1.807) is 18.7 Å². The predicted molar refractivity (Wildman–Crippen MR) is 81.2 cm³/mol. The summed E-state index contributed by atoms with van der Waals surface area (Å²) in [5, 5.41) is 13.5. The summed E-state index contributed by atoms with van der Waals surface area (Å²) in [7, 11) is 3.62. The van der Waals surface area contributed by atoms with Crippen LogP contribution in [0.25, 0.3) is 0 Å². The number of aromatic carboxylic acids is 1. The van der Waals surface area contributed by atoms with E-state index in [4.69, 9.17) is 0 Å². The first-order valence-corrected chi connectivity index (χ1v) is 6.92. The predicted octanol–water partition coefficient (Wildman–Crippen LogP) is 2.83. The van der Waals surface area contributed by atoms with E-state index in [9.17, 15) is 9.90 Å². The average molecular weight is 338 g/mol. The fourth-order valence-corrected chi connectivity index (χ4v) is 2.76. The van der Waals surface area contributed by atoms with Gasteiger partial charge in [-0.25, -0.2) is 4.79 Å². The second-order valence-corrected chi connectivity index (χ2v) is 5.61. The minimum absolute atomic E-state index is 0.255. The molecular weight excluding hydrogens is 322 g/mol. The number of aromatic nitrogens is 2. The Bertz CT molecular complexity index is 652. The molecule has 0 aliphatic heterocycles. The summed E-state index contributed by atoms with van der Waals surface area (Å²) < 4.78 is 2.61. The number of carboxylic acids is 1. The normalized spacial score (nSPS) is 10.6. The van der Waals surface area contributed by atoms with Crippen LogP contribution in [0.5, 0.6) is 0 Å². The molecule has 1 heterocycles. The van der Waals surface area contributed by atoms with E-state index in [2.05, 4.69) is 21.0 Å². The summed E-state index contributed by atoms with van der Waals surface area (Å²) in [6.45, 7) is 2.32. The second kappa shape index (κ2) is 5.66. The van der Waals surface area contributed by atoms with Crippen LogP contribution >= 0.6 is 15.9 Å². The van der Waals surface area contributed by atoms with Gasteiger partial charge >= 0.3 is 5.97 Å². The molecule has 106 valence electrons. The zero-order valence-corrected chi connectivity index (χ0v) is 13.2. The van der Waals surface area contributed by atoms with Crippen molar-refractivity contribution in [3.05, 3.63) is 45.6 Å². The van der Waals surface area contributed by atoms with Crippen LogP contribution in [-0.2, 0) is 13.6 Å². The summed E-state index contributed by atoms with van der Waals surface area (Å²) in [6, 6.07) is 7.94. The lowest BCUT2D eigenvalue weighted by atomic mass is 10.2. The molecule has 0 unspecified atom stereocenters. The minimum atomic E-state index is -0.952. The van der Waals surface area contributed by atoms with Gasteiger partial charge < -0.3 is 10.0 Å². The molecule has 20 heavy (non-hydrogen) atoms. The van der Waals surface area contributed by atoms with Gasteiger partial charge in [0.15, 0.2) is 0 Å². The van der Waals surface area contributed by atoms with Gasteiger partial charge in [0, 0.05) is 25.1 Å². The molecule has 1 aromatic heterocycles. The number of hydrogen-bond donors (Lipinski definition) is 1. The minimum Gasteiger partial charge on any atom is -0.477 e. The number of carbonyl (C=O) groups is 1. The lowest BCUT2D eigenvalue weighted by molar-refractivity contribution is 0.0696. The van der Waals surface area contributed by atoms with Gasteiger partial charge in [-0.2, -0.15) is 5.10 Å². The van der Waals surface area contributed by atoms with Crippen molar-refractivity contribution in [3.63, 3.8) is 0 Å². The molecule has 0 saturated carbocycles. The standard InChI is InChI=1S/C14H16BrN3O2/c1-9-12(14(19)20)13(18(3)16-9)17(2)8-10-5-4-6-11(15)7-10/h4-7H,8H2,1-3H3,(H,19,20). The molecule has 2 aromatic rings. The van der Waals surface area contributed by atoms with E-state index in [1.807, 2.05) is 36.2 Å². The fraction of sp³-hybridized carbons (Fsp3) is 0.286. The van der Waals surface area contributed by atoms with Gasteiger partial charge in [0.1, 0.15) is 11.4 Å². The Hall–Kier alpha value is -1.82. The summed E-state index contributed by atoms with van der Waals surface area (Å²) in [5.74, 6) is -0.346. The van der Waals surface area contributed by atoms with Crippen molar-refractivity contribution >= 4 is 27.7 Å². The van der Waals surface area contributed by atoms with Gasteiger partial charge in [0.05, 0.1) is 5.69 Å². The molecule has 0 amide bonds. The third-order valence-corrected chi connectivity index (χ3v) is 3.57. The Morgan fingerprint density at radius 1 is 1.50 bits per heavy atom. The molecule has 1 aromatic carbocycles. The summed E-state index contributed by atoms with van der Waals surface area (Å²) in [6.07, 6.45) is 0. The Kier molecular flexibility index (Phi) is 4.13. The van der Waals surface area contributed by atoms with Crippen LogP contribution in [0.15, 0.2) is 28.7 Å². The highest BCUT2D eigenvalue weighted by molar-refractivity contribution is 9.10. The Balaban J connectivity index is 2.34. The molecule has 0 radical (unpaired) electrons. The summed E-state index contributed by atoms with van der Waals surface area (Å²) in [4.78, 5) is 13.3. The molecule has 0 saturated heterocycles. The lowest BCUT2D eigenvalue weighted by Gasteiger charge is -2.20.